The molecule has 0 bridgehead atoms. The van der Waals surface area contributed by atoms with Crippen LogP contribution in [-0.2, 0) is 0 Å². The second-order valence-corrected chi connectivity index (χ2v) is 6.51. The van der Waals surface area contributed by atoms with Crippen molar-refractivity contribution in [3.63, 3.8) is 0 Å². The molecule has 1 heterocycles. The Kier molecular flexibility index (Phi) is 5.67. The van der Waals surface area contributed by atoms with Crippen LogP contribution in [0.4, 0.5) is 0 Å². The van der Waals surface area contributed by atoms with Crippen LogP contribution in [0.25, 0.3) is 22.1 Å². The molecule has 0 spiro atoms. The molecular weight excluding hydrogens is 334 g/mol. The summed E-state index contributed by atoms with van der Waals surface area (Å²) in [5.41, 5.74) is 3.07. The number of likely N-dealkylation sites (N-methyl/N-ethyl adjacent to an activating group) is 1. The molecule has 0 saturated heterocycles. The summed E-state index contributed by atoms with van der Waals surface area (Å²) < 4.78 is 11.9. The van der Waals surface area contributed by atoms with Crippen LogP contribution < -0.4 is 4.74 Å². The van der Waals surface area contributed by atoms with Gasteiger partial charge in [-0.15, -0.1) is 0 Å². The van der Waals surface area contributed by atoms with E-state index in [1.54, 1.807) is 0 Å². The Labute approximate surface area is 154 Å². The number of hydrogen-bond donors (Lipinski definition) is 0. The number of ether oxygens (including phenoxy) is 1. The van der Waals surface area contributed by atoms with Crippen molar-refractivity contribution in [2.75, 3.05) is 26.2 Å². The highest BCUT2D eigenvalue weighted by atomic mass is 35.5. The molecule has 4 heteroatoms. The minimum Gasteiger partial charge on any atom is -0.492 e. The molecule has 0 amide bonds. The average Bonchev–Trinajstić information content (AvgIpc) is 2.94. The van der Waals surface area contributed by atoms with Gasteiger partial charge in [0.1, 0.15) is 23.7 Å². The van der Waals surface area contributed by atoms with Crippen LogP contribution in [0.1, 0.15) is 19.6 Å². The zero-order chi connectivity index (χ0) is 17.8. The smallest absolute Gasteiger partial charge is 0.138 e. The summed E-state index contributed by atoms with van der Waals surface area (Å²) in [5, 5.41) is 1.83. The van der Waals surface area contributed by atoms with Crippen LogP contribution in [0, 0.1) is 6.92 Å². The van der Waals surface area contributed by atoms with Gasteiger partial charge in [-0.1, -0.05) is 37.6 Å². The first-order valence-corrected chi connectivity index (χ1v) is 9.14. The van der Waals surface area contributed by atoms with E-state index in [-0.39, 0.29) is 0 Å². The second-order valence-electron chi connectivity index (χ2n) is 6.07. The van der Waals surface area contributed by atoms with Gasteiger partial charge in [0.25, 0.3) is 0 Å². The first-order chi connectivity index (χ1) is 12.1. The fraction of sp³-hybridized carbons (Fsp3) is 0.333. The Morgan fingerprint density at radius 3 is 2.44 bits per heavy atom. The molecule has 0 aliphatic rings. The van der Waals surface area contributed by atoms with Crippen molar-refractivity contribution in [3.8, 4) is 16.9 Å². The van der Waals surface area contributed by atoms with Crippen molar-refractivity contribution in [3.05, 3.63) is 53.2 Å². The summed E-state index contributed by atoms with van der Waals surface area (Å²) in [5.74, 6) is 1.74. The maximum absolute atomic E-state index is 6.00. The highest BCUT2D eigenvalue weighted by Gasteiger charge is 2.13. The van der Waals surface area contributed by atoms with Crippen LogP contribution in [0.15, 0.2) is 46.9 Å². The number of nitrogens with zero attached hydrogens (tertiary/aromatic N) is 1. The summed E-state index contributed by atoms with van der Waals surface area (Å²) in [6.07, 6.45) is 0. The van der Waals surface area contributed by atoms with E-state index in [1.807, 2.05) is 43.3 Å². The van der Waals surface area contributed by atoms with Gasteiger partial charge in [0.2, 0.25) is 0 Å². The number of rotatable bonds is 7. The molecule has 0 aliphatic carbocycles. The molecule has 3 nitrogen and oxygen atoms in total. The molecule has 1 aromatic heterocycles. The van der Waals surface area contributed by atoms with Gasteiger partial charge < -0.3 is 14.1 Å². The van der Waals surface area contributed by atoms with Gasteiger partial charge in [-0.25, -0.2) is 0 Å². The zero-order valence-electron chi connectivity index (χ0n) is 15.0. The maximum Gasteiger partial charge on any atom is 0.138 e. The Morgan fingerprint density at radius 2 is 1.76 bits per heavy atom. The van der Waals surface area contributed by atoms with E-state index in [0.29, 0.717) is 6.61 Å². The summed E-state index contributed by atoms with van der Waals surface area (Å²) in [4.78, 5) is 2.34. The predicted octanol–water partition coefficient (Wildman–Crippen LogP) is 5.78. The zero-order valence-corrected chi connectivity index (χ0v) is 15.8. The average molecular weight is 358 g/mol. The van der Waals surface area contributed by atoms with Gasteiger partial charge in [-0.3, -0.25) is 0 Å². The lowest BCUT2D eigenvalue weighted by molar-refractivity contribution is 0.223. The molecule has 0 saturated carbocycles. The Hall–Kier alpha value is -1.97. The number of fused-ring (bicyclic) bond motifs is 1. The summed E-state index contributed by atoms with van der Waals surface area (Å²) in [7, 11) is 0. The summed E-state index contributed by atoms with van der Waals surface area (Å²) in [6, 6.07) is 13.9. The Bertz CT molecular complexity index is 835. The second kappa shape index (κ2) is 7.94. The van der Waals surface area contributed by atoms with E-state index in [1.165, 1.54) is 0 Å². The van der Waals surface area contributed by atoms with Crippen LogP contribution in [0.2, 0.25) is 5.02 Å². The minimum absolute atomic E-state index is 0.677. The number of hydrogen-bond acceptors (Lipinski definition) is 3. The molecule has 132 valence electrons. The topological polar surface area (TPSA) is 25.6 Å². The predicted molar refractivity (Wildman–Crippen MR) is 105 cm³/mol. The highest BCUT2D eigenvalue weighted by Crippen LogP contribution is 2.36. The monoisotopic (exact) mass is 357 g/mol. The number of benzene rings is 2. The molecule has 0 atom stereocenters. The van der Waals surface area contributed by atoms with E-state index >= 15 is 0 Å². The molecule has 25 heavy (non-hydrogen) atoms. The first-order valence-electron chi connectivity index (χ1n) is 8.76. The maximum atomic E-state index is 6.00. The fourth-order valence-electron chi connectivity index (χ4n) is 3.10. The third-order valence-corrected chi connectivity index (χ3v) is 4.79. The van der Waals surface area contributed by atoms with Crippen molar-refractivity contribution in [1.29, 1.82) is 0 Å². The van der Waals surface area contributed by atoms with Crippen molar-refractivity contribution in [1.82, 2.24) is 4.90 Å². The minimum atomic E-state index is 0.677. The lowest BCUT2D eigenvalue weighted by Gasteiger charge is -2.17. The van der Waals surface area contributed by atoms with Crippen molar-refractivity contribution in [2.24, 2.45) is 0 Å². The summed E-state index contributed by atoms with van der Waals surface area (Å²) in [6.45, 7) is 10.0. The van der Waals surface area contributed by atoms with Crippen molar-refractivity contribution in [2.45, 2.75) is 20.8 Å². The number of furan rings is 1. The van der Waals surface area contributed by atoms with Crippen LogP contribution in [-0.4, -0.2) is 31.1 Å². The van der Waals surface area contributed by atoms with Gasteiger partial charge in [0.05, 0.1) is 0 Å². The fourth-order valence-corrected chi connectivity index (χ4v) is 3.22. The molecule has 3 aromatic rings. The van der Waals surface area contributed by atoms with Gasteiger partial charge >= 0.3 is 0 Å². The van der Waals surface area contributed by atoms with Crippen molar-refractivity contribution >= 4 is 22.6 Å². The van der Waals surface area contributed by atoms with E-state index in [2.05, 4.69) is 24.8 Å². The molecule has 3 rings (SSSR count). The van der Waals surface area contributed by atoms with Crippen LogP contribution in [0.3, 0.4) is 0 Å². The van der Waals surface area contributed by atoms with Gasteiger partial charge in [0, 0.05) is 28.6 Å². The summed E-state index contributed by atoms with van der Waals surface area (Å²) >= 11 is 6.00. The van der Waals surface area contributed by atoms with E-state index in [4.69, 9.17) is 20.8 Å². The van der Waals surface area contributed by atoms with Gasteiger partial charge in [-0.2, -0.15) is 0 Å². The SMILES string of the molecule is CCN(CC)CCOc1ccc2c(-c3ccc(Cl)cc3)c(C)oc2c1. The molecule has 0 unspecified atom stereocenters. The van der Waals surface area contributed by atoms with Gasteiger partial charge in [0.15, 0.2) is 0 Å². The highest BCUT2D eigenvalue weighted by molar-refractivity contribution is 6.30. The van der Waals surface area contributed by atoms with Gasteiger partial charge in [-0.05, 0) is 49.8 Å². The van der Waals surface area contributed by atoms with Crippen LogP contribution in [0.5, 0.6) is 5.75 Å². The molecule has 0 fully saturated rings. The molecular formula is C21H24ClNO2. The molecule has 0 radical (unpaired) electrons. The number of halogens is 1. The quantitative estimate of drug-likeness (QED) is 0.535. The largest absolute Gasteiger partial charge is 0.492 e. The Morgan fingerprint density at radius 1 is 1.04 bits per heavy atom. The van der Waals surface area contributed by atoms with E-state index in [9.17, 15) is 0 Å². The molecule has 0 aliphatic heterocycles. The standard InChI is InChI=1S/C21H24ClNO2/c1-4-23(5-2)12-13-24-18-10-11-19-20(14-18)25-15(3)21(19)16-6-8-17(22)9-7-16/h6-11,14H,4-5,12-13H2,1-3H3. The third kappa shape index (κ3) is 4.00. The Balaban J connectivity index is 1.81. The number of aryl methyl sites for hydroxylation is 1. The van der Waals surface area contributed by atoms with E-state index in [0.717, 1.165) is 58.3 Å². The third-order valence-electron chi connectivity index (χ3n) is 4.54. The lowest BCUT2D eigenvalue weighted by atomic mass is 10.0. The molecule has 0 N–H and O–H groups in total. The van der Waals surface area contributed by atoms with E-state index < -0.39 is 0 Å². The van der Waals surface area contributed by atoms with Crippen molar-refractivity contribution < 1.29 is 9.15 Å². The lowest BCUT2D eigenvalue weighted by Crippen LogP contribution is -2.27. The van der Waals surface area contributed by atoms with Crippen LogP contribution >= 0.6 is 11.6 Å². The molecule has 2 aromatic carbocycles. The first kappa shape index (κ1) is 17.8. The normalized spacial score (nSPS) is 11.4.